The molecule has 0 radical (unpaired) electrons. The van der Waals surface area contributed by atoms with Crippen LogP contribution in [0.15, 0.2) is 67.0 Å². The van der Waals surface area contributed by atoms with E-state index in [4.69, 9.17) is 0 Å². The summed E-state index contributed by atoms with van der Waals surface area (Å²) in [5, 5.41) is 6.13. The molecule has 0 bridgehead atoms. The van der Waals surface area contributed by atoms with Gasteiger partial charge in [-0.15, -0.1) is 0 Å². The first-order valence-corrected chi connectivity index (χ1v) is 7.54. The van der Waals surface area contributed by atoms with Crippen LogP contribution in [0.5, 0.6) is 0 Å². The van der Waals surface area contributed by atoms with E-state index in [-0.39, 0.29) is 12.1 Å². The number of nitrogens with one attached hydrogen (secondary N) is 2. The van der Waals surface area contributed by atoms with E-state index in [0.29, 0.717) is 5.13 Å². The van der Waals surface area contributed by atoms with Crippen molar-refractivity contribution in [3.63, 3.8) is 0 Å². The van der Waals surface area contributed by atoms with Crippen LogP contribution < -0.4 is 10.6 Å². The molecule has 1 aromatic heterocycles. The first kappa shape index (κ1) is 14.2. The van der Waals surface area contributed by atoms with Gasteiger partial charge in [0.2, 0.25) is 5.13 Å². The first-order valence-electron chi connectivity index (χ1n) is 6.77. The summed E-state index contributed by atoms with van der Waals surface area (Å²) in [7, 11) is 0. The van der Waals surface area contributed by atoms with Crippen LogP contribution in [-0.2, 0) is 0 Å². The normalized spacial score (nSPS) is 10.4. The maximum absolute atomic E-state index is 12.2. The van der Waals surface area contributed by atoms with Crippen LogP contribution in [-0.4, -0.2) is 15.4 Å². The van der Waals surface area contributed by atoms with Crippen molar-refractivity contribution in [1.82, 2.24) is 14.7 Å². The fourth-order valence-corrected chi connectivity index (χ4v) is 2.57. The molecule has 2 aromatic carbocycles. The standard InChI is InChI=1S/C16H14N4OS/c21-15(20-16-17-11-18-22-16)19-14(12-7-3-1-4-8-12)13-9-5-2-6-10-13/h1-11,14H,(H2,17,18,19,20,21). The average Bonchev–Trinajstić information content (AvgIpc) is 3.07. The lowest BCUT2D eigenvalue weighted by Gasteiger charge is -2.19. The number of aromatic nitrogens is 2. The van der Waals surface area contributed by atoms with Gasteiger partial charge in [-0.2, -0.15) is 4.37 Å². The van der Waals surface area contributed by atoms with Gasteiger partial charge < -0.3 is 5.32 Å². The van der Waals surface area contributed by atoms with E-state index in [0.717, 1.165) is 22.7 Å². The number of hydrogen-bond acceptors (Lipinski definition) is 4. The smallest absolute Gasteiger partial charge is 0.321 e. The Morgan fingerprint density at radius 1 is 0.955 bits per heavy atom. The maximum Gasteiger partial charge on any atom is 0.321 e. The number of carbonyl (C=O) groups excluding carboxylic acids is 1. The van der Waals surface area contributed by atoms with Gasteiger partial charge in [0.1, 0.15) is 6.33 Å². The molecule has 0 spiro atoms. The molecule has 0 saturated heterocycles. The number of benzene rings is 2. The molecule has 0 atom stereocenters. The predicted octanol–water partition coefficient (Wildman–Crippen LogP) is 3.45. The number of anilines is 1. The molecular formula is C16H14N4OS. The molecule has 0 aliphatic rings. The summed E-state index contributed by atoms with van der Waals surface area (Å²) >= 11 is 1.14. The van der Waals surface area contributed by atoms with E-state index in [1.54, 1.807) is 0 Å². The van der Waals surface area contributed by atoms with Gasteiger partial charge in [-0.05, 0) is 11.1 Å². The molecule has 6 heteroatoms. The highest BCUT2D eigenvalue weighted by Gasteiger charge is 2.16. The summed E-state index contributed by atoms with van der Waals surface area (Å²) in [4.78, 5) is 16.1. The topological polar surface area (TPSA) is 66.9 Å². The molecule has 1 heterocycles. The predicted molar refractivity (Wildman–Crippen MR) is 86.8 cm³/mol. The Morgan fingerprint density at radius 3 is 2.05 bits per heavy atom. The highest BCUT2D eigenvalue weighted by Crippen LogP contribution is 2.22. The van der Waals surface area contributed by atoms with Crippen LogP contribution in [0.3, 0.4) is 0 Å². The number of amides is 2. The van der Waals surface area contributed by atoms with E-state index >= 15 is 0 Å². The van der Waals surface area contributed by atoms with Gasteiger partial charge in [0, 0.05) is 11.5 Å². The minimum absolute atomic E-state index is 0.227. The quantitative estimate of drug-likeness (QED) is 0.775. The van der Waals surface area contributed by atoms with Crippen molar-refractivity contribution in [3.8, 4) is 0 Å². The third kappa shape index (κ3) is 3.48. The summed E-state index contributed by atoms with van der Waals surface area (Å²) in [6.07, 6.45) is 1.41. The Labute approximate surface area is 132 Å². The van der Waals surface area contributed by atoms with Crippen molar-refractivity contribution in [3.05, 3.63) is 78.1 Å². The summed E-state index contributed by atoms with van der Waals surface area (Å²) in [5.74, 6) is 0. The molecule has 0 aliphatic carbocycles. The zero-order valence-electron chi connectivity index (χ0n) is 11.6. The lowest BCUT2D eigenvalue weighted by molar-refractivity contribution is 0.250. The van der Waals surface area contributed by atoms with Crippen molar-refractivity contribution in [1.29, 1.82) is 0 Å². The fourth-order valence-electron chi connectivity index (χ4n) is 2.14. The van der Waals surface area contributed by atoms with Gasteiger partial charge in [-0.1, -0.05) is 60.7 Å². The molecule has 0 saturated carbocycles. The summed E-state index contributed by atoms with van der Waals surface area (Å²) < 4.78 is 3.86. The van der Waals surface area contributed by atoms with Gasteiger partial charge in [-0.25, -0.2) is 9.78 Å². The third-order valence-electron chi connectivity index (χ3n) is 3.12. The van der Waals surface area contributed by atoms with Gasteiger partial charge in [0.25, 0.3) is 0 Å². The third-order valence-corrected chi connectivity index (χ3v) is 3.70. The molecule has 3 rings (SSSR count). The van der Waals surface area contributed by atoms with Crippen LogP contribution in [0, 0.1) is 0 Å². The van der Waals surface area contributed by atoms with E-state index in [9.17, 15) is 4.79 Å². The van der Waals surface area contributed by atoms with Crippen LogP contribution in [0.2, 0.25) is 0 Å². The van der Waals surface area contributed by atoms with Crippen LogP contribution >= 0.6 is 11.5 Å². The molecule has 0 fully saturated rings. The monoisotopic (exact) mass is 310 g/mol. The van der Waals surface area contributed by atoms with Crippen LogP contribution in [0.4, 0.5) is 9.93 Å². The lowest BCUT2D eigenvalue weighted by Crippen LogP contribution is -2.33. The second-order valence-corrected chi connectivity index (χ2v) is 5.38. The molecule has 3 aromatic rings. The van der Waals surface area contributed by atoms with E-state index in [1.807, 2.05) is 60.7 Å². The Kier molecular flexibility index (Phi) is 4.41. The molecule has 0 unspecified atom stereocenters. The number of nitrogens with zero attached hydrogens (tertiary/aromatic N) is 2. The molecule has 5 nitrogen and oxygen atoms in total. The second kappa shape index (κ2) is 6.82. The molecule has 0 aliphatic heterocycles. The first-order chi connectivity index (χ1) is 10.8. The van der Waals surface area contributed by atoms with Crippen molar-refractivity contribution in [2.45, 2.75) is 6.04 Å². The van der Waals surface area contributed by atoms with Gasteiger partial charge >= 0.3 is 6.03 Å². The second-order valence-electron chi connectivity index (χ2n) is 4.60. The zero-order valence-corrected chi connectivity index (χ0v) is 12.5. The van der Waals surface area contributed by atoms with Gasteiger partial charge in [-0.3, -0.25) is 5.32 Å². The highest BCUT2D eigenvalue weighted by atomic mass is 32.1. The average molecular weight is 310 g/mol. The van der Waals surface area contributed by atoms with E-state index < -0.39 is 0 Å². The fraction of sp³-hybridized carbons (Fsp3) is 0.0625. The summed E-state index contributed by atoms with van der Waals surface area (Å²) in [6, 6.07) is 19.1. The molecular weight excluding hydrogens is 296 g/mol. The molecule has 110 valence electrons. The SMILES string of the molecule is O=C(Nc1ncns1)NC(c1ccccc1)c1ccccc1. The van der Waals surface area contributed by atoms with E-state index in [1.165, 1.54) is 6.33 Å². The van der Waals surface area contributed by atoms with Crippen molar-refractivity contribution in [2.24, 2.45) is 0 Å². The number of rotatable bonds is 4. The lowest BCUT2D eigenvalue weighted by atomic mass is 9.99. The Balaban J connectivity index is 1.81. The van der Waals surface area contributed by atoms with Gasteiger partial charge in [0.05, 0.1) is 6.04 Å². The Bertz CT molecular complexity index is 677. The molecule has 22 heavy (non-hydrogen) atoms. The zero-order chi connectivity index (χ0) is 15.2. The maximum atomic E-state index is 12.2. The van der Waals surface area contributed by atoms with Crippen molar-refractivity contribution < 1.29 is 4.79 Å². The largest absolute Gasteiger partial charge is 0.327 e. The Hall–Kier alpha value is -2.73. The Morgan fingerprint density at radius 2 is 1.55 bits per heavy atom. The minimum Gasteiger partial charge on any atom is -0.327 e. The number of urea groups is 1. The summed E-state index contributed by atoms with van der Waals surface area (Å²) in [5.41, 5.74) is 2.03. The van der Waals surface area contributed by atoms with Crippen molar-refractivity contribution >= 4 is 22.7 Å². The highest BCUT2D eigenvalue weighted by molar-refractivity contribution is 7.09. The van der Waals surface area contributed by atoms with Crippen LogP contribution in [0.25, 0.3) is 0 Å². The van der Waals surface area contributed by atoms with Crippen molar-refractivity contribution in [2.75, 3.05) is 5.32 Å². The number of hydrogen-bond donors (Lipinski definition) is 2. The minimum atomic E-state index is -0.311. The van der Waals surface area contributed by atoms with Crippen LogP contribution in [0.1, 0.15) is 17.2 Å². The molecule has 2 N–H and O–H groups in total. The van der Waals surface area contributed by atoms with Gasteiger partial charge in [0.15, 0.2) is 0 Å². The number of carbonyl (C=O) groups is 1. The summed E-state index contributed by atoms with van der Waals surface area (Å²) in [6.45, 7) is 0. The molecule has 2 amide bonds. The van der Waals surface area contributed by atoms with E-state index in [2.05, 4.69) is 20.0 Å².